The number of aromatic nitrogens is 2. The Balaban J connectivity index is 2.41. The summed E-state index contributed by atoms with van der Waals surface area (Å²) in [5.41, 5.74) is 2.52. The van der Waals surface area contributed by atoms with Gasteiger partial charge in [-0.05, 0) is 38.0 Å². The van der Waals surface area contributed by atoms with Crippen molar-refractivity contribution in [1.82, 2.24) is 9.78 Å². The third-order valence-electron chi connectivity index (χ3n) is 3.25. The van der Waals surface area contributed by atoms with Gasteiger partial charge in [-0.3, -0.25) is 14.4 Å². The summed E-state index contributed by atoms with van der Waals surface area (Å²) < 4.78 is 6.43. The number of para-hydroxylation sites is 1. The highest BCUT2D eigenvalue weighted by molar-refractivity contribution is 6.38. The highest BCUT2D eigenvalue weighted by Gasteiger charge is 2.27. The molecule has 22 heavy (non-hydrogen) atoms. The van der Waals surface area contributed by atoms with Crippen molar-refractivity contribution >= 4 is 17.6 Å². The van der Waals surface area contributed by atoms with Crippen molar-refractivity contribution in [2.75, 3.05) is 11.5 Å². The first kappa shape index (κ1) is 15.8. The summed E-state index contributed by atoms with van der Waals surface area (Å²) in [6, 6.07) is 7.47. The van der Waals surface area contributed by atoms with Crippen LogP contribution >= 0.6 is 0 Å². The second-order valence-corrected chi connectivity index (χ2v) is 4.88. The number of carbonyl (C=O) groups is 2. The van der Waals surface area contributed by atoms with E-state index in [4.69, 9.17) is 4.74 Å². The molecule has 116 valence electrons. The number of rotatable bonds is 4. The molecule has 1 aromatic heterocycles. The van der Waals surface area contributed by atoms with Crippen LogP contribution in [0.1, 0.15) is 18.1 Å². The lowest BCUT2D eigenvalue weighted by Crippen LogP contribution is -2.40. The maximum atomic E-state index is 12.5. The Hall–Kier alpha value is -2.63. The van der Waals surface area contributed by atoms with E-state index in [-0.39, 0.29) is 13.3 Å². The number of hydrogen-bond acceptors (Lipinski definition) is 4. The molecule has 0 atom stereocenters. The lowest BCUT2D eigenvalue weighted by molar-refractivity contribution is -0.153. The van der Waals surface area contributed by atoms with E-state index in [1.54, 1.807) is 30.1 Å². The molecule has 2 rings (SSSR count). The van der Waals surface area contributed by atoms with Crippen LogP contribution in [0, 0.1) is 13.8 Å². The number of benzene rings is 1. The number of anilines is 1. The number of nitrogens with zero attached hydrogens (tertiary/aromatic N) is 3. The van der Waals surface area contributed by atoms with Crippen LogP contribution in [0.5, 0.6) is 0 Å². The van der Waals surface area contributed by atoms with Crippen molar-refractivity contribution in [3.05, 3.63) is 47.8 Å². The van der Waals surface area contributed by atoms with Gasteiger partial charge in [-0.25, -0.2) is 4.79 Å². The molecule has 0 bridgehead atoms. The fourth-order valence-electron chi connectivity index (χ4n) is 2.30. The molecule has 0 spiro atoms. The average Bonchev–Trinajstić information content (AvgIpc) is 2.98. The molecule has 6 nitrogen and oxygen atoms in total. The second-order valence-electron chi connectivity index (χ2n) is 4.88. The molecule has 0 unspecified atom stereocenters. The SMILES string of the molecule is CCOC(=O)C(=O)N(Cn1cccn1)c1c(C)cccc1C. The Bertz CT molecular complexity index is 645. The van der Waals surface area contributed by atoms with Crippen molar-refractivity contribution < 1.29 is 14.3 Å². The largest absolute Gasteiger partial charge is 0.459 e. The fraction of sp³-hybridized carbons (Fsp3) is 0.312. The quantitative estimate of drug-likeness (QED) is 0.640. The van der Waals surface area contributed by atoms with Crippen LogP contribution in [-0.2, 0) is 21.0 Å². The number of esters is 1. The van der Waals surface area contributed by atoms with E-state index in [1.165, 1.54) is 4.90 Å². The number of amides is 1. The Morgan fingerprint density at radius 2 is 1.91 bits per heavy atom. The standard InChI is InChI=1S/C16H19N3O3/c1-4-22-16(21)15(20)19(11-18-10-6-9-17-18)14-12(2)7-5-8-13(14)3/h5-10H,4,11H2,1-3H3. The molecule has 0 fully saturated rings. The second kappa shape index (κ2) is 6.89. The Morgan fingerprint density at radius 1 is 1.23 bits per heavy atom. The van der Waals surface area contributed by atoms with Crippen molar-refractivity contribution in [3.8, 4) is 0 Å². The first-order valence-corrected chi connectivity index (χ1v) is 7.06. The molecular weight excluding hydrogens is 282 g/mol. The molecule has 6 heteroatoms. The first-order chi connectivity index (χ1) is 10.5. The molecule has 0 aliphatic heterocycles. The van der Waals surface area contributed by atoms with E-state index in [2.05, 4.69) is 5.10 Å². The van der Waals surface area contributed by atoms with E-state index in [0.29, 0.717) is 5.69 Å². The maximum absolute atomic E-state index is 12.5. The first-order valence-electron chi connectivity index (χ1n) is 7.06. The number of carbonyl (C=O) groups excluding carboxylic acids is 2. The zero-order valence-corrected chi connectivity index (χ0v) is 12.9. The van der Waals surface area contributed by atoms with E-state index >= 15 is 0 Å². The minimum absolute atomic E-state index is 0.149. The van der Waals surface area contributed by atoms with Crippen LogP contribution in [-0.4, -0.2) is 28.3 Å². The van der Waals surface area contributed by atoms with Gasteiger partial charge in [0.2, 0.25) is 0 Å². The van der Waals surface area contributed by atoms with Gasteiger partial charge < -0.3 is 4.74 Å². The van der Waals surface area contributed by atoms with E-state index in [1.807, 2.05) is 32.0 Å². The summed E-state index contributed by atoms with van der Waals surface area (Å²) in [6.45, 7) is 5.78. The van der Waals surface area contributed by atoms with Gasteiger partial charge in [0.05, 0.1) is 12.3 Å². The lowest BCUT2D eigenvalue weighted by Gasteiger charge is -2.25. The Kier molecular flexibility index (Phi) is 4.93. The highest BCUT2D eigenvalue weighted by Crippen LogP contribution is 2.25. The molecule has 1 amide bonds. The highest BCUT2D eigenvalue weighted by atomic mass is 16.5. The van der Waals surface area contributed by atoms with Crippen LogP contribution < -0.4 is 4.90 Å². The van der Waals surface area contributed by atoms with E-state index in [0.717, 1.165) is 11.1 Å². The van der Waals surface area contributed by atoms with Crippen LogP contribution in [0.25, 0.3) is 0 Å². The fourth-order valence-corrected chi connectivity index (χ4v) is 2.30. The normalized spacial score (nSPS) is 10.3. The molecule has 0 saturated carbocycles. The van der Waals surface area contributed by atoms with E-state index < -0.39 is 11.9 Å². The summed E-state index contributed by atoms with van der Waals surface area (Å²) >= 11 is 0. The van der Waals surface area contributed by atoms with Gasteiger partial charge >= 0.3 is 11.9 Å². The predicted molar refractivity (Wildman–Crippen MR) is 82.3 cm³/mol. The third kappa shape index (κ3) is 3.33. The Labute approximate surface area is 129 Å². The van der Waals surface area contributed by atoms with E-state index in [9.17, 15) is 9.59 Å². The molecule has 1 aromatic carbocycles. The zero-order chi connectivity index (χ0) is 16.1. The van der Waals surface area contributed by atoms with Gasteiger partial charge in [0, 0.05) is 12.4 Å². The molecule has 2 aromatic rings. The zero-order valence-electron chi connectivity index (χ0n) is 12.9. The molecule has 0 aliphatic carbocycles. The van der Waals surface area contributed by atoms with Crippen molar-refractivity contribution in [2.24, 2.45) is 0 Å². The number of ether oxygens (including phenoxy) is 1. The lowest BCUT2D eigenvalue weighted by atomic mass is 10.1. The minimum Gasteiger partial charge on any atom is -0.459 e. The molecular formula is C16H19N3O3. The monoisotopic (exact) mass is 301 g/mol. The van der Waals surface area contributed by atoms with Crippen molar-refractivity contribution in [3.63, 3.8) is 0 Å². The summed E-state index contributed by atoms with van der Waals surface area (Å²) in [5, 5.41) is 4.10. The van der Waals surface area contributed by atoms with Crippen molar-refractivity contribution in [2.45, 2.75) is 27.4 Å². The average molecular weight is 301 g/mol. The summed E-state index contributed by atoms with van der Waals surface area (Å²) in [4.78, 5) is 25.7. The predicted octanol–water partition coefficient (Wildman–Crippen LogP) is 2.05. The van der Waals surface area contributed by atoms with Gasteiger partial charge in [0.25, 0.3) is 0 Å². The molecule has 0 aliphatic rings. The van der Waals surface area contributed by atoms with Gasteiger partial charge in [0.1, 0.15) is 6.67 Å². The van der Waals surface area contributed by atoms with Gasteiger partial charge in [-0.2, -0.15) is 5.10 Å². The summed E-state index contributed by atoms with van der Waals surface area (Å²) in [5.74, 6) is -1.56. The summed E-state index contributed by atoms with van der Waals surface area (Å²) in [6.07, 6.45) is 3.36. The van der Waals surface area contributed by atoms with Crippen molar-refractivity contribution in [1.29, 1.82) is 0 Å². The smallest absolute Gasteiger partial charge is 0.397 e. The van der Waals surface area contributed by atoms with Crippen LogP contribution in [0.15, 0.2) is 36.7 Å². The maximum Gasteiger partial charge on any atom is 0.397 e. The summed E-state index contributed by atoms with van der Waals surface area (Å²) in [7, 11) is 0. The van der Waals surface area contributed by atoms with Gasteiger partial charge in [-0.15, -0.1) is 0 Å². The molecule has 0 radical (unpaired) electrons. The minimum atomic E-state index is -0.864. The molecule has 0 saturated heterocycles. The van der Waals surface area contributed by atoms with Crippen LogP contribution in [0.4, 0.5) is 5.69 Å². The van der Waals surface area contributed by atoms with Gasteiger partial charge in [0.15, 0.2) is 0 Å². The Morgan fingerprint density at radius 3 is 2.45 bits per heavy atom. The topological polar surface area (TPSA) is 64.4 Å². The van der Waals surface area contributed by atoms with Gasteiger partial charge in [-0.1, -0.05) is 18.2 Å². The molecule has 0 N–H and O–H groups in total. The molecule has 1 heterocycles. The van der Waals surface area contributed by atoms with Crippen LogP contribution in [0.2, 0.25) is 0 Å². The third-order valence-corrected chi connectivity index (χ3v) is 3.25. The van der Waals surface area contributed by atoms with Crippen LogP contribution in [0.3, 0.4) is 0 Å². The number of aryl methyl sites for hydroxylation is 2. The number of hydrogen-bond donors (Lipinski definition) is 0.